The van der Waals surface area contributed by atoms with Gasteiger partial charge in [-0.2, -0.15) is 0 Å². The monoisotopic (exact) mass is 278 g/mol. The Balaban J connectivity index is 2.27. The van der Waals surface area contributed by atoms with Crippen molar-refractivity contribution >= 4 is 0 Å². The molecule has 2 rings (SSSR count). The van der Waals surface area contributed by atoms with Crippen LogP contribution in [0.3, 0.4) is 0 Å². The van der Waals surface area contributed by atoms with Crippen molar-refractivity contribution in [1.29, 1.82) is 0 Å². The molecule has 0 amide bonds. The van der Waals surface area contributed by atoms with Crippen molar-refractivity contribution in [2.24, 2.45) is 0 Å². The fourth-order valence-corrected chi connectivity index (χ4v) is 2.85. The Kier molecular flexibility index (Phi) is 5.06. The Bertz CT molecular complexity index is 419. The van der Waals surface area contributed by atoms with Gasteiger partial charge >= 0.3 is 0 Å². The van der Waals surface area contributed by atoms with Gasteiger partial charge in [-0.25, -0.2) is 0 Å². The highest BCUT2D eigenvalue weighted by Gasteiger charge is 2.19. The molecule has 1 aliphatic rings. The van der Waals surface area contributed by atoms with Crippen LogP contribution < -0.4 is 4.90 Å². The van der Waals surface area contributed by atoms with E-state index in [-0.39, 0.29) is 0 Å². The first kappa shape index (κ1) is 15.3. The van der Waals surface area contributed by atoms with E-state index in [4.69, 9.17) is 4.74 Å². The number of phenolic OH excluding ortho intramolecular Hbond substituents is 1. The van der Waals surface area contributed by atoms with E-state index in [1.54, 1.807) is 4.90 Å². The second-order valence-corrected chi connectivity index (χ2v) is 6.47. The summed E-state index contributed by atoms with van der Waals surface area (Å²) in [5.41, 5.74) is 3.50. The van der Waals surface area contributed by atoms with Crippen molar-refractivity contribution in [3.05, 3.63) is 28.8 Å². The van der Waals surface area contributed by atoms with Gasteiger partial charge < -0.3 is 14.7 Å². The predicted molar refractivity (Wildman–Crippen MR) is 81.5 cm³/mol. The van der Waals surface area contributed by atoms with Crippen molar-refractivity contribution in [3.8, 4) is 5.75 Å². The number of hydrogen-bond donors (Lipinski definition) is 2. The highest BCUT2D eigenvalue weighted by Crippen LogP contribution is 2.34. The van der Waals surface area contributed by atoms with Crippen LogP contribution in [0.15, 0.2) is 12.1 Å². The van der Waals surface area contributed by atoms with E-state index in [0.29, 0.717) is 17.6 Å². The zero-order valence-electron chi connectivity index (χ0n) is 13.2. The fourth-order valence-electron chi connectivity index (χ4n) is 2.85. The molecule has 0 aliphatic carbocycles. The van der Waals surface area contributed by atoms with Crippen molar-refractivity contribution < 1.29 is 14.7 Å². The van der Waals surface area contributed by atoms with Gasteiger partial charge in [-0.3, -0.25) is 0 Å². The third kappa shape index (κ3) is 3.53. The van der Waals surface area contributed by atoms with Gasteiger partial charge in [-0.1, -0.05) is 27.7 Å². The molecule has 0 atom stereocenters. The molecule has 20 heavy (non-hydrogen) atoms. The summed E-state index contributed by atoms with van der Waals surface area (Å²) >= 11 is 0. The van der Waals surface area contributed by atoms with Crippen molar-refractivity contribution in [1.82, 2.24) is 0 Å². The van der Waals surface area contributed by atoms with Gasteiger partial charge in [0.2, 0.25) is 0 Å². The first-order chi connectivity index (χ1) is 9.49. The largest absolute Gasteiger partial charge is 0.507 e. The Labute approximate surface area is 122 Å². The van der Waals surface area contributed by atoms with Gasteiger partial charge in [0.1, 0.15) is 25.4 Å². The average Bonchev–Trinajstić information content (AvgIpc) is 2.41. The van der Waals surface area contributed by atoms with Gasteiger partial charge in [0.05, 0.1) is 13.2 Å². The topological polar surface area (TPSA) is 33.9 Å². The third-order valence-corrected chi connectivity index (χ3v) is 4.13. The third-order valence-electron chi connectivity index (χ3n) is 4.13. The zero-order chi connectivity index (χ0) is 14.7. The second-order valence-electron chi connectivity index (χ2n) is 6.47. The van der Waals surface area contributed by atoms with Gasteiger partial charge in [0, 0.05) is 5.56 Å². The van der Waals surface area contributed by atoms with Crippen LogP contribution in [0.5, 0.6) is 5.75 Å². The summed E-state index contributed by atoms with van der Waals surface area (Å²) in [6.45, 7) is 13.5. The van der Waals surface area contributed by atoms with Crippen molar-refractivity contribution in [3.63, 3.8) is 0 Å². The lowest BCUT2D eigenvalue weighted by molar-refractivity contribution is -0.921. The molecule has 0 radical (unpaired) electrons. The Hall–Kier alpha value is -1.06. The summed E-state index contributed by atoms with van der Waals surface area (Å²) in [5.74, 6) is 1.20. The van der Waals surface area contributed by atoms with Crippen LogP contribution in [0.1, 0.15) is 56.2 Å². The van der Waals surface area contributed by atoms with Gasteiger partial charge in [0.15, 0.2) is 0 Å². The van der Waals surface area contributed by atoms with E-state index >= 15 is 0 Å². The molecule has 0 spiro atoms. The Morgan fingerprint density at radius 1 is 1.05 bits per heavy atom. The minimum atomic E-state index is 0.354. The minimum absolute atomic E-state index is 0.354. The molecule has 1 aromatic rings. The number of hydrogen-bond acceptors (Lipinski definition) is 2. The molecule has 112 valence electrons. The average molecular weight is 278 g/mol. The molecule has 1 saturated heterocycles. The molecule has 1 aromatic carbocycles. The molecule has 1 aliphatic heterocycles. The van der Waals surface area contributed by atoms with Crippen molar-refractivity contribution in [2.45, 2.75) is 46.1 Å². The van der Waals surface area contributed by atoms with Gasteiger partial charge in [0.25, 0.3) is 0 Å². The van der Waals surface area contributed by atoms with E-state index in [9.17, 15) is 5.11 Å². The van der Waals surface area contributed by atoms with E-state index < -0.39 is 0 Å². The van der Waals surface area contributed by atoms with Crippen molar-refractivity contribution in [2.75, 3.05) is 26.3 Å². The maximum Gasteiger partial charge on any atom is 0.122 e. The quantitative estimate of drug-likeness (QED) is 0.884. The molecule has 2 N–H and O–H groups in total. The number of quaternary nitrogens is 1. The summed E-state index contributed by atoms with van der Waals surface area (Å²) in [6, 6.07) is 4.38. The molecular formula is C17H28NO2+. The summed E-state index contributed by atoms with van der Waals surface area (Å²) < 4.78 is 5.42. The molecule has 0 bridgehead atoms. The van der Waals surface area contributed by atoms with E-state index in [2.05, 4.69) is 39.8 Å². The number of nitrogens with one attached hydrogen (secondary N) is 1. The van der Waals surface area contributed by atoms with Crippen LogP contribution in [-0.2, 0) is 11.3 Å². The lowest BCUT2D eigenvalue weighted by atomic mass is 9.91. The Morgan fingerprint density at radius 2 is 1.55 bits per heavy atom. The summed E-state index contributed by atoms with van der Waals surface area (Å²) in [4.78, 5) is 1.58. The van der Waals surface area contributed by atoms with E-state index in [1.807, 2.05) is 0 Å². The molecule has 1 heterocycles. The molecular weight excluding hydrogens is 250 g/mol. The molecule has 0 unspecified atom stereocenters. The lowest BCUT2D eigenvalue weighted by Crippen LogP contribution is -3.12. The van der Waals surface area contributed by atoms with E-state index in [1.165, 1.54) is 5.56 Å². The maximum absolute atomic E-state index is 10.4. The number of ether oxygens (including phenoxy) is 1. The molecule has 3 nitrogen and oxygen atoms in total. The molecule has 1 fully saturated rings. The summed E-state index contributed by atoms with van der Waals surface area (Å²) in [6.07, 6.45) is 0. The highest BCUT2D eigenvalue weighted by molar-refractivity contribution is 5.46. The van der Waals surface area contributed by atoms with Crippen LogP contribution in [0.2, 0.25) is 0 Å². The van der Waals surface area contributed by atoms with Crippen LogP contribution in [0.25, 0.3) is 0 Å². The lowest BCUT2D eigenvalue weighted by Gasteiger charge is -2.25. The van der Waals surface area contributed by atoms with Crippen LogP contribution in [0.4, 0.5) is 0 Å². The molecule has 3 heteroatoms. The van der Waals surface area contributed by atoms with Crippen LogP contribution >= 0.6 is 0 Å². The van der Waals surface area contributed by atoms with Crippen LogP contribution in [-0.4, -0.2) is 31.4 Å². The van der Waals surface area contributed by atoms with E-state index in [0.717, 1.165) is 44.0 Å². The number of phenols is 1. The van der Waals surface area contributed by atoms with Gasteiger partial charge in [-0.15, -0.1) is 0 Å². The standard InChI is InChI=1S/C17H27NO2/c1-12(2)15-9-14(10-16(13(3)4)17(15)19)11-18-5-7-20-8-6-18/h9-10,12-13,19H,5-8,11H2,1-4H3/p+1. The fraction of sp³-hybridized carbons (Fsp3) is 0.647. The summed E-state index contributed by atoms with van der Waals surface area (Å²) in [5, 5.41) is 10.4. The number of morpholine rings is 1. The maximum atomic E-state index is 10.4. The molecule has 0 aromatic heterocycles. The second kappa shape index (κ2) is 6.59. The number of aromatic hydroxyl groups is 1. The minimum Gasteiger partial charge on any atom is -0.507 e. The highest BCUT2D eigenvalue weighted by atomic mass is 16.5. The first-order valence-corrected chi connectivity index (χ1v) is 7.76. The zero-order valence-corrected chi connectivity index (χ0v) is 13.2. The van der Waals surface area contributed by atoms with Gasteiger partial charge in [-0.05, 0) is 35.1 Å². The molecule has 0 saturated carbocycles. The number of rotatable bonds is 4. The Morgan fingerprint density at radius 3 is 2.00 bits per heavy atom. The normalized spacial score (nSPS) is 17.1. The van der Waals surface area contributed by atoms with Crippen LogP contribution in [0, 0.1) is 0 Å². The summed E-state index contributed by atoms with van der Waals surface area (Å²) in [7, 11) is 0. The number of benzene rings is 1. The first-order valence-electron chi connectivity index (χ1n) is 7.76. The SMILES string of the molecule is CC(C)c1cc(C[NH+]2CCOCC2)cc(C(C)C)c1O. The predicted octanol–water partition coefficient (Wildman–Crippen LogP) is 2.05. The smallest absolute Gasteiger partial charge is 0.122 e.